The van der Waals surface area contributed by atoms with Crippen LogP contribution in [-0.4, -0.2) is 19.0 Å². The molecule has 0 atom stereocenters. The average Bonchev–Trinajstić information content (AvgIpc) is 3.52. The third-order valence-electron chi connectivity index (χ3n) is 6.50. The Kier molecular flexibility index (Phi) is 8.83. The van der Waals surface area contributed by atoms with Gasteiger partial charge in [0.25, 0.3) is 0 Å². The molecular weight excluding hydrogens is 334 g/mol. The largest absolute Gasteiger partial charge is 0.466 e. The predicted octanol–water partition coefficient (Wildman–Crippen LogP) is 7.06. The summed E-state index contributed by atoms with van der Waals surface area (Å²) in [4.78, 5) is 11.9. The Morgan fingerprint density at radius 3 is 1.65 bits per heavy atom. The first-order chi connectivity index (χ1) is 12.5. The van der Waals surface area contributed by atoms with Gasteiger partial charge in [-0.3, -0.25) is 4.79 Å². The van der Waals surface area contributed by atoms with E-state index in [1.807, 2.05) is 6.92 Å². The van der Waals surface area contributed by atoms with Gasteiger partial charge in [-0.2, -0.15) is 0 Å². The van der Waals surface area contributed by atoms with Gasteiger partial charge in [-0.15, -0.1) is 0 Å². The third-order valence-corrected chi connectivity index (χ3v) is 6.50. The highest BCUT2D eigenvalue weighted by Gasteiger charge is 2.50. The monoisotopic (exact) mass is 372 g/mol. The molecule has 0 aromatic rings. The van der Waals surface area contributed by atoms with Gasteiger partial charge in [0.05, 0.1) is 12.0 Å². The van der Waals surface area contributed by atoms with Crippen molar-refractivity contribution in [2.45, 2.75) is 116 Å². The van der Waals surface area contributed by atoms with E-state index >= 15 is 0 Å². The van der Waals surface area contributed by atoms with Gasteiger partial charge >= 0.3 is 5.97 Å². The molecule has 2 fully saturated rings. The second-order valence-corrected chi connectivity index (χ2v) is 8.70. The third kappa shape index (κ3) is 6.81. The molecule has 0 N–H and O–H groups in total. The molecule has 2 saturated carbocycles. The topological polar surface area (TPSA) is 26.3 Å². The summed E-state index contributed by atoms with van der Waals surface area (Å²) in [7, 11) is 0. The van der Waals surface area contributed by atoms with Crippen molar-refractivity contribution in [2.24, 2.45) is 10.8 Å². The number of alkyl halides is 2. The number of unbranched alkanes of at least 4 members (excludes halogenated alkanes) is 9. The molecule has 2 aliphatic rings. The van der Waals surface area contributed by atoms with Crippen LogP contribution in [0.15, 0.2) is 0 Å². The van der Waals surface area contributed by atoms with Gasteiger partial charge < -0.3 is 4.74 Å². The summed E-state index contributed by atoms with van der Waals surface area (Å²) in [5.74, 6) is 0.0288. The summed E-state index contributed by atoms with van der Waals surface area (Å²) in [5, 5.41) is 0. The minimum atomic E-state index is -2.10. The summed E-state index contributed by atoms with van der Waals surface area (Å²) in [6.07, 6.45) is 15.1. The summed E-state index contributed by atoms with van der Waals surface area (Å²) in [6.45, 7) is 2.37. The van der Waals surface area contributed by atoms with Crippen LogP contribution in [0.3, 0.4) is 0 Å². The van der Waals surface area contributed by atoms with Crippen molar-refractivity contribution >= 4 is 5.97 Å². The van der Waals surface area contributed by atoms with Crippen molar-refractivity contribution in [2.75, 3.05) is 6.61 Å². The highest BCUT2D eigenvalue weighted by atomic mass is 19.3. The van der Waals surface area contributed by atoms with Gasteiger partial charge in [0.15, 0.2) is 0 Å². The zero-order chi connectivity index (χ0) is 18.9. The van der Waals surface area contributed by atoms with Crippen LogP contribution in [0.2, 0.25) is 0 Å². The molecule has 0 unspecified atom stereocenters. The van der Waals surface area contributed by atoms with E-state index in [0.717, 1.165) is 57.8 Å². The van der Waals surface area contributed by atoms with E-state index in [9.17, 15) is 13.6 Å². The SMILES string of the molecule is CCOC(=O)C1(CCCCCCCCCCCCC2(C(F)F)CC2)CC1. The number of halogens is 2. The van der Waals surface area contributed by atoms with Crippen molar-refractivity contribution in [3.05, 3.63) is 0 Å². The molecule has 0 saturated heterocycles. The quantitative estimate of drug-likeness (QED) is 0.214. The van der Waals surface area contributed by atoms with Crippen molar-refractivity contribution in [3.63, 3.8) is 0 Å². The van der Waals surface area contributed by atoms with E-state index < -0.39 is 11.8 Å². The number of carbonyl (C=O) groups excluding carboxylic acids is 1. The molecule has 0 aromatic carbocycles. The van der Waals surface area contributed by atoms with Crippen LogP contribution in [0.4, 0.5) is 8.78 Å². The predicted molar refractivity (Wildman–Crippen MR) is 101 cm³/mol. The average molecular weight is 373 g/mol. The van der Waals surface area contributed by atoms with Crippen LogP contribution in [-0.2, 0) is 9.53 Å². The minimum Gasteiger partial charge on any atom is -0.466 e. The second kappa shape index (κ2) is 10.6. The number of hydrogen-bond acceptors (Lipinski definition) is 2. The smallest absolute Gasteiger partial charge is 0.312 e. The molecule has 152 valence electrons. The maximum absolute atomic E-state index is 12.8. The Morgan fingerprint density at radius 1 is 0.808 bits per heavy atom. The van der Waals surface area contributed by atoms with E-state index in [1.165, 1.54) is 44.9 Å². The van der Waals surface area contributed by atoms with Crippen LogP contribution in [0, 0.1) is 10.8 Å². The highest BCUT2D eigenvalue weighted by Crippen LogP contribution is 2.54. The molecule has 2 rings (SSSR count). The maximum atomic E-state index is 12.8. The first kappa shape index (κ1) is 21.6. The first-order valence-electron chi connectivity index (χ1n) is 11.0. The maximum Gasteiger partial charge on any atom is 0.312 e. The molecule has 0 heterocycles. The summed E-state index contributed by atoms with van der Waals surface area (Å²) >= 11 is 0. The van der Waals surface area contributed by atoms with E-state index in [1.54, 1.807) is 0 Å². The lowest BCUT2D eigenvalue weighted by Gasteiger charge is -2.13. The van der Waals surface area contributed by atoms with Crippen molar-refractivity contribution in [3.8, 4) is 0 Å². The van der Waals surface area contributed by atoms with Crippen LogP contribution < -0.4 is 0 Å². The highest BCUT2D eigenvalue weighted by molar-refractivity contribution is 5.79. The van der Waals surface area contributed by atoms with E-state index in [4.69, 9.17) is 4.74 Å². The Hall–Kier alpha value is -0.670. The molecule has 0 aliphatic heterocycles. The fraction of sp³-hybridized carbons (Fsp3) is 0.955. The van der Waals surface area contributed by atoms with Crippen molar-refractivity contribution < 1.29 is 18.3 Å². The molecule has 0 bridgehead atoms. The summed E-state index contributed by atoms with van der Waals surface area (Å²) in [5.41, 5.74) is -0.689. The zero-order valence-corrected chi connectivity index (χ0v) is 16.7. The number of carbonyl (C=O) groups is 1. The number of hydrogen-bond donors (Lipinski definition) is 0. The minimum absolute atomic E-state index is 0.0288. The number of rotatable bonds is 16. The first-order valence-corrected chi connectivity index (χ1v) is 11.0. The van der Waals surface area contributed by atoms with Crippen LogP contribution in [0.25, 0.3) is 0 Å². The van der Waals surface area contributed by atoms with Crippen molar-refractivity contribution in [1.82, 2.24) is 0 Å². The second-order valence-electron chi connectivity index (χ2n) is 8.70. The number of esters is 1. The summed E-state index contributed by atoms with van der Waals surface area (Å²) < 4.78 is 30.8. The van der Waals surface area contributed by atoms with Crippen LogP contribution in [0.5, 0.6) is 0 Å². The molecule has 2 aliphatic carbocycles. The van der Waals surface area contributed by atoms with Gasteiger partial charge in [-0.1, -0.05) is 64.2 Å². The fourth-order valence-electron chi connectivity index (χ4n) is 4.08. The normalized spacial score (nSPS) is 19.5. The number of ether oxygens (including phenoxy) is 1. The molecule has 0 spiro atoms. The fourth-order valence-corrected chi connectivity index (χ4v) is 4.08. The molecule has 0 amide bonds. The van der Waals surface area contributed by atoms with Gasteiger partial charge in [0.2, 0.25) is 6.43 Å². The molecule has 4 heteroatoms. The lowest BCUT2D eigenvalue weighted by molar-refractivity contribution is -0.150. The summed E-state index contributed by atoms with van der Waals surface area (Å²) in [6, 6.07) is 0. The Balaban J connectivity index is 1.33. The van der Waals surface area contributed by atoms with Gasteiger partial charge in [0.1, 0.15) is 0 Å². The Morgan fingerprint density at radius 2 is 1.27 bits per heavy atom. The molecular formula is C22H38F2O2. The molecule has 0 radical (unpaired) electrons. The Labute approximate surface area is 158 Å². The van der Waals surface area contributed by atoms with Gasteiger partial charge in [-0.05, 0) is 45.4 Å². The molecule has 0 aromatic heterocycles. The van der Waals surface area contributed by atoms with Crippen molar-refractivity contribution in [1.29, 1.82) is 0 Å². The Bertz CT molecular complexity index is 414. The van der Waals surface area contributed by atoms with Crippen LogP contribution in [0.1, 0.15) is 110 Å². The van der Waals surface area contributed by atoms with E-state index in [-0.39, 0.29) is 11.4 Å². The van der Waals surface area contributed by atoms with E-state index in [0.29, 0.717) is 6.61 Å². The molecule has 2 nitrogen and oxygen atoms in total. The lowest BCUT2D eigenvalue weighted by atomic mass is 9.97. The zero-order valence-electron chi connectivity index (χ0n) is 16.7. The van der Waals surface area contributed by atoms with Gasteiger partial charge in [0, 0.05) is 5.41 Å². The van der Waals surface area contributed by atoms with Gasteiger partial charge in [-0.25, -0.2) is 8.78 Å². The standard InChI is InChI=1S/C22H38F2O2/c1-2-26-20(25)22(17-18-22)14-12-10-8-6-4-3-5-7-9-11-13-21(15-16-21)19(23)24/h19H,2-18H2,1H3. The van der Waals surface area contributed by atoms with Crippen LogP contribution >= 0.6 is 0 Å². The van der Waals surface area contributed by atoms with E-state index in [2.05, 4.69) is 0 Å². The molecule has 26 heavy (non-hydrogen) atoms. The lowest BCUT2D eigenvalue weighted by Crippen LogP contribution is -2.18.